The average molecular weight is 913 g/mol. The van der Waals surface area contributed by atoms with Crippen LogP contribution in [0.1, 0.15) is 64.2 Å². The van der Waals surface area contributed by atoms with E-state index in [0.29, 0.717) is 32.1 Å². The molecule has 3 saturated carbocycles. The molecule has 4 aliphatic heterocycles. The molecule has 0 radical (unpaired) electrons. The van der Waals surface area contributed by atoms with E-state index in [9.17, 15) is 70.5 Å². The standard InChI is InChI=1S/C41H65FO21/c42-18-5-1-16(2-6-18)3-8-29(48)56-14-27-31(50)33(52)36(55)39(61-27)58-15-28-32(51)34(53)38(63-40-35(54)30(49)24(47)13-57-40)41(62-28)60-26-12-20-22(45)10-19(43)11-25(20)59-37(26)17-4-7-21(44)23(46)9-17/h3,8,16-28,30-41,43-47,49-55H,1-2,4-7,9-15H2/t16?,17?,18?,19?,20?,21?,22?,23?,24-,25?,26?,27-,28-,30+,31-,32+,33+,34+,35-,36-,37?,38-,39-,40+,41-/m1/s1. The second kappa shape index (κ2) is 21.6. The first-order chi connectivity index (χ1) is 30.0. The fraction of sp³-hybridized carbons (Fsp3) is 0.927. The zero-order valence-corrected chi connectivity index (χ0v) is 34.7. The molecule has 0 aromatic carbocycles. The molecule has 0 aromatic heterocycles. The van der Waals surface area contributed by atoms with Gasteiger partial charge in [0.2, 0.25) is 0 Å². The third kappa shape index (κ3) is 11.6. The van der Waals surface area contributed by atoms with Crippen LogP contribution in [0.5, 0.6) is 0 Å². The van der Waals surface area contributed by atoms with Crippen molar-refractivity contribution in [3.8, 4) is 0 Å². The predicted molar refractivity (Wildman–Crippen MR) is 205 cm³/mol. The summed E-state index contributed by atoms with van der Waals surface area (Å²) in [6.45, 7) is -1.71. The molecule has 362 valence electrons. The number of carbonyl (C=O) groups is 1. The minimum atomic E-state index is -1.91. The molecule has 0 bridgehead atoms. The van der Waals surface area contributed by atoms with Crippen LogP contribution >= 0.6 is 0 Å². The van der Waals surface area contributed by atoms with Crippen LogP contribution in [0.3, 0.4) is 0 Å². The summed E-state index contributed by atoms with van der Waals surface area (Å²) in [6.07, 6.45) is -25.1. The third-order valence-electron chi connectivity index (χ3n) is 13.9. The lowest BCUT2D eigenvalue weighted by Crippen LogP contribution is -2.65. The van der Waals surface area contributed by atoms with Gasteiger partial charge in [-0.2, -0.15) is 0 Å². The fourth-order valence-electron chi connectivity index (χ4n) is 10.0. The summed E-state index contributed by atoms with van der Waals surface area (Å²) in [7, 11) is 0. The van der Waals surface area contributed by atoms with Gasteiger partial charge in [0.1, 0.15) is 79.9 Å². The largest absolute Gasteiger partial charge is 0.460 e. The smallest absolute Gasteiger partial charge is 0.330 e. The lowest BCUT2D eigenvalue weighted by molar-refractivity contribution is -0.376. The first-order valence-electron chi connectivity index (χ1n) is 22.1. The zero-order valence-electron chi connectivity index (χ0n) is 34.7. The molecule has 0 aromatic rings. The van der Waals surface area contributed by atoms with Gasteiger partial charge in [-0.05, 0) is 76.0 Å². The van der Waals surface area contributed by atoms with Gasteiger partial charge in [-0.3, -0.25) is 0 Å². The third-order valence-corrected chi connectivity index (χ3v) is 13.9. The lowest BCUT2D eigenvalue weighted by Gasteiger charge is -2.51. The first-order valence-corrected chi connectivity index (χ1v) is 22.1. The average Bonchev–Trinajstić information content (AvgIpc) is 3.25. The van der Waals surface area contributed by atoms with E-state index in [2.05, 4.69) is 0 Å². The monoisotopic (exact) mass is 912 g/mol. The van der Waals surface area contributed by atoms with Crippen LogP contribution in [0, 0.1) is 17.8 Å². The van der Waals surface area contributed by atoms with Crippen LogP contribution in [0.25, 0.3) is 0 Å². The Hall–Kier alpha value is -1.62. The van der Waals surface area contributed by atoms with E-state index in [-0.39, 0.29) is 38.0 Å². The number of allylic oxidation sites excluding steroid dienone is 1. The number of hydrogen-bond acceptors (Lipinski definition) is 21. The molecule has 21 nitrogen and oxygen atoms in total. The van der Waals surface area contributed by atoms with E-state index in [1.54, 1.807) is 6.08 Å². The number of carbonyl (C=O) groups excluding carboxylic acids is 1. The maximum Gasteiger partial charge on any atom is 0.330 e. The van der Waals surface area contributed by atoms with Gasteiger partial charge in [0.05, 0.1) is 55.9 Å². The molecule has 0 amide bonds. The highest BCUT2D eigenvalue weighted by Crippen LogP contribution is 2.44. The van der Waals surface area contributed by atoms with Gasteiger partial charge in [0.25, 0.3) is 0 Å². The summed E-state index contributed by atoms with van der Waals surface area (Å²) in [5.41, 5.74) is 0. The van der Waals surface area contributed by atoms with Crippen molar-refractivity contribution in [1.82, 2.24) is 0 Å². The molecule has 3 aliphatic carbocycles. The Morgan fingerprint density at radius 3 is 2.02 bits per heavy atom. The quantitative estimate of drug-likeness (QED) is 0.0654. The SMILES string of the molecule is O=C(C=CC1CCC(F)CC1)OC[C@H]1O[C@@H](OC[C@H]2O[C@@H](OC3CC4C(O)CC(O)CC4OC3C3CCC(O)C(O)C3)[C@H](O[C@@H]3OC[C@@H](O)[C@H](O)[C@H]3O)[C@@H](O)[C@H]2O)[C@H](O)[C@@H](O)[C@@H]1O. The summed E-state index contributed by atoms with van der Waals surface area (Å²) in [6, 6.07) is 0. The maximum atomic E-state index is 13.5. The summed E-state index contributed by atoms with van der Waals surface area (Å²) in [5, 5.41) is 129. The predicted octanol–water partition coefficient (Wildman–Crippen LogP) is -4.09. The van der Waals surface area contributed by atoms with Gasteiger partial charge in [-0.1, -0.05) is 6.08 Å². The molecule has 23 atom stereocenters. The van der Waals surface area contributed by atoms with Crippen molar-refractivity contribution in [2.24, 2.45) is 17.8 Å². The summed E-state index contributed by atoms with van der Waals surface area (Å²) in [5.74, 6) is -1.73. The van der Waals surface area contributed by atoms with Crippen molar-refractivity contribution in [3.63, 3.8) is 0 Å². The van der Waals surface area contributed by atoms with Crippen molar-refractivity contribution in [1.29, 1.82) is 0 Å². The van der Waals surface area contributed by atoms with E-state index in [0.717, 1.165) is 0 Å². The molecule has 7 aliphatic rings. The molecule has 12 N–H and O–H groups in total. The number of aliphatic hydroxyl groups excluding tert-OH is 12. The Labute approximate surface area is 362 Å². The second-order valence-corrected chi connectivity index (χ2v) is 18.3. The Morgan fingerprint density at radius 1 is 0.603 bits per heavy atom. The number of esters is 1. The maximum absolute atomic E-state index is 13.5. The minimum absolute atomic E-state index is 0.00174. The Bertz CT molecular complexity index is 1490. The van der Waals surface area contributed by atoms with Crippen LogP contribution < -0.4 is 0 Å². The number of alkyl halides is 1. The van der Waals surface area contributed by atoms with Crippen molar-refractivity contribution in [2.75, 3.05) is 19.8 Å². The number of hydrogen-bond donors (Lipinski definition) is 12. The Balaban J connectivity index is 1.06. The molecule has 7 fully saturated rings. The van der Waals surface area contributed by atoms with Gasteiger partial charge in [0, 0.05) is 12.0 Å². The Kier molecular flexibility index (Phi) is 16.9. The van der Waals surface area contributed by atoms with Crippen molar-refractivity contribution in [3.05, 3.63) is 12.2 Å². The van der Waals surface area contributed by atoms with Gasteiger partial charge < -0.3 is 99.2 Å². The number of fused-ring (bicyclic) bond motifs is 1. The molecule has 9 unspecified atom stereocenters. The first kappa shape index (κ1) is 49.3. The van der Waals surface area contributed by atoms with Gasteiger partial charge >= 0.3 is 5.97 Å². The normalized spacial score (nSPS) is 51.1. The highest BCUT2D eigenvalue weighted by Gasteiger charge is 2.55. The van der Waals surface area contributed by atoms with Crippen molar-refractivity contribution in [2.45, 2.75) is 199 Å². The van der Waals surface area contributed by atoms with Crippen LogP contribution in [0.15, 0.2) is 12.2 Å². The summed E-state index contributed by atoms with van der Waals surface area (Å²) >= 11 is 0. The Morgan fingerprint density at radius 2 is 1.29 bits per heavy atom. The molecule has 22 heteroatoms. The van der Waals surface area contributed by atoms with Gasteiger partial charge in [-0.25, -0.2) is 9.18 Å². The van der Waals surface area contributed by atoms with Gasteiger partial charge in [-0.15, -0.1) is 0 Å². The van der Waals surface area contributed by atoms with E-state index >= 15 is 0 Å². The van der Waals surface area contributed by atoms with E-state index in [1.165, 1.54) is 6.08 Å². The highest BCUT2D eigenvalue weighted by molar-refractivity contribution is 5.81. The summed E-state index contributed by atoms with van der Waals surface area (Å²) in [4.78, 5) is 12.5. The van der Waals surface area contributed by atoms with Crippen LogP contribution in [0.2, 0.25) is 0 Å². The van der Waals surface area contributed by atoms with Crippen molar-refractivity contribution >= 4 is 5.97 Å². The molecular formula is C41H65FO21. The summed E-state index contributed by atoms with van der Waals surface area (Å²) < 4.78 is 60.8. The lowest BCUT2D eigenvalue weighted by atomic mass is 9.72. The van der Waals surface area contributed by atoms with Crippen molar-refractivity contribution < 1.29 is 108 Å². The van der Waals surface area contributed by atoms with Crippen LogP contribution in [-0.4, -0.2) is 222 Å². The molecule has 4 saturated heterocycles. The van der Waals surface area contributed by atoms with E-state index in [4.69, 9.17) is 37.9 Å². The topological polar surface area (TPSA) is 334 Å². The number of ether oxygens (including phenoxy) is 8. The number of halogens is 1. The van der Waals surface area contributed by atoms with Crippen LogP contribution in [0.4, 0.5) is 4.39 Å². The molecule has 63 heavy (non-hydrogen) atoms. The highest BCUT2D eigenvalue weighted by atomic mass is 19.1. The molecule has 7 rings (SSSR count). The molecular weight excluding hydrogens is 847 g/mol. The second-order valence-electron chi connectivity index (χ2n) is 18.3. The van der Waals surface area contributed by atoms with Gasteiger partial charge in [0.15, 0.2) is 18.9 Å². The van der Waals surface area contributed by atoms with E-state index < -0.39 is 173 Å². The fourth-order valence-corrected chi connectivity index (χ4v) is 10.0. The molecule has 4 heterocycles. The number of rotatable bonds is 12. The van der Waals surface area contributed by atoms with Crippen LogP contribution in [-0.2, 0) is 42.7 Å². The van der Waals surface area contributed by atoms with E-state index in [1.807, 2.05) is 0 Å². The zero-order chi connectivity index (χ0) is 45.3. The molecule has 0 spiro atoms. The minimum Gasteiger partial charge on any atom is -0.460 e. The number of aliphatic hydroxyl groups is 12.